The number of hydroxylamine groups is 2. The monoisotopic (exact) mass is 475 g/mol. The number of benzene rings is 2. The van der Waals surface area contributed by atoms with Crippen LogP contribution in [0.3, 0.4) is 0 Å². The van der Waals surface area contributed by atoms with E-state index >= 15 is 0 Å². The van der Waals surface area contributed by atoms with Gasteiger partial charge in [0, 0.05) is 23.7 Å². The second kappa shape index (κ2) is 10.4. The van der Waals surface area contributed by atoms with Crippen molar-refractivity contribution >= 4 is 16.8 Å². The minimum Gasteiger partial charge on any atom is -0.374 e. The Morgan fingerprint density at radius 1 is 0.971 bits per heavy atom. The van der Waals surface area contributed by atoms with Crippen molar-refractivity contribution in [3.8, 4) is 0 Å². The lowest BCUT2D eigenvalue weighted by Gasteiger charge is -2.23. The summed E-state index contributed by atoms with van der Waals surface area (Å²) in [5, 5.41) is 11.5. The van der Waals surface area contributed by atoms with Crippen LogP contribution in [-0.4, -0.2) is 45.5 Å². The van der Waals surface area contributed by atoms with E-state index < -0.39 is 5.91 Å². The second-order valence-electron chi connectivity index (χ2n) is 8.52. The topological polar surface area (TPSA) is 76.8 Å². The van der Waals surface area contributed by atoms with Gasteiger partial charge in [-0.3, -0.25) is 10.0 Å². The van der Waals surface area contributed by atoms with Gasteiger partial charge in [-0.1, -0.05) is 42.5 Å². The van der Waals surface area contributed by atoms with Crippen LogP contribution in [0.2, 0.25) is 0 Å². The lowest BCUT2D eigenvalue weighted by Crippen LogP contribution is -2.35. The molecule has 4 aromatic rings. The van der Waals surface area contributed by atoms with E-state index in [2.05, 4.69) is 4.98 Å². The Balaban J connectivity index is 1.35. The van der Waals surface area contributed by atoms with Crippen LogP contribution in [0.4, 0.5) is 4.39 Å². The quantitative estimate of drug-likeness (QED) is 0.288. The van der Waals surface area contributed by atoms with Crippen molar-refractivity contribution in [1.82, 2.24) is 14.6 Å². The summed E-state index contributed by atoms with van der Waals surface area (Å²) in [5.74, 6) is -0.780. The third kappa shape index (κ3) is 5.09. The molecular weight excluding hydrogens is 449 g/mol. The number of fused-ring (bicyclic) bond motifs is 3. The van der Waals surface area contributed by atoms with Gasteiger partial charge in [0.2, 0.25) is 0 Å². The van der Waals surface area contributed by atoms with Crippen molar-refractivity contribution in [2.45, 2.75) is 26.2 Å². The number of carbonyl (C=O) groups excluding carboxylic acids is 1. The minimum atomic E-state index is -0.499. The molecule has 2 aromatic carbocycles. The van der Waals surface area contributed by atoms with Gasteiger partial charge >= 0.3 is 0 Å². The number of carbonyl (C=O) groups is 1. The summed E-state index contributed by atoms with van der Waals surface area (Å²) >= 11 is 0. The second-order valence-corrected chi connectivity index (χ2v) is 8.52. The first kappa shape index (κ1) is 23.2. The van der Waals surface area contributed by atoms with E-state index in [-0.39, 0.29) is 18.1 Å². The molecule has 0 unspecified atom stereocenters. The normalized spacial score (nSPS) is 13.4. The SMILES string of the molecule is O=C1c2ncc3c(c(COCCOCc4ccccc4)cn3Cc3ccc(F)cc3)c2CCN1O. The first-order valence-electron chi connectivity index (χ1n) is 11.5. The Morgan fingerprint density at radius 2 is 1.71 bits per heavy atom. The van der Waals surface area contributed by atoms with Gasteiger partial charge in [-0.2, -0.15) is 0 Å². The summed E-state index contributed by atoms with van der Waals surface area (Å²) in [6.07, 6.45) is 4.15. The maximum Gasteiger partial charge on any atom is 0.296 e. The average Bonchev–Trinajstić information content (AvgIpc) is 3.23. The van der Waals surface area contributed by atoms with Gasteiger partial charge in [-0.25, -0.2) is 14.4 Å². The lowest BCUT2D eigenvalue weighted by atomic mass is 9.99. The van der Waals surface area contributed by atoms with Crippen molar-refractivity contribution < 1.29 is 23.9 Å². The third-order valence-corrected chi connectivity index (χ3v) is 6.12. The number of aromatic nitrogens is 2. The lowest BCUT2D eigenvalue weighted by molar-refractivity contribution is -0.0606. The fourth-order valence-corrected chi connectivity index (χ4v) is 4.40. The highest BCUT2D eigenvalue weighted by Gasteiger charge is 2.28. The molecule has 0 atom stereocenters. The van der Waals surface area contributed by atoms with Gasteiger partial charge in [0.15, 0.2) is 0 Å². The average molecular weight is 476 g/mol. The molecule has 0 aliphatic carbocycles. The zero-order valence-corrected chi connectivity index (χ0v) is 19.2. The summed E-state index contributed by atoms with van der Waals surface area (Å²) in [6, 6.07) is 16.3. The van der Waals surface area contributed by atoms with Gasteiger partial charge in [-0.05, 0) is 35.2 Å². The van der Waals surface area contributed by atoms with Gasteiger partial charge in [-0.15, -0.1) is 0 Å². The molecule has 2 aromatic heterocycles. The number of amides is 1. The number of ether oxygens (including phenoxy) is 2. The summed E-state index contributed by atoms with van der Waals surface area (Å²) in [5.41, 5.74) is 4.93. The van der Waals surface area contributed by atoms with Gasteiger partial charge < -0.3 is 14.0 Å². The first-order valence-corrected chi connectivity index (χ1v) is 11.5. The molecule has 0 bridgehead atoms. The molecule has 180 valence electrons. The molecule has 8 heteroatoms. The number of nitrogens with zero attached hydrogens (tertiary/aromatic N) is 3. The summed E-state index contributed by atoms with van der Waals surface area (Å²) < 4.78 is 27.0. The Bertz CT molecular complexity index is 1320. The van der Waals surface area contributed by atoms with Crippen LogP contribution in [0.1, 0.15) is 32.7 Å². The Morgan fingerprint density at radius 3 is 2.49 bits per heavy atom. The van der Waals surface area contributed by atoms with Crippen molar-refractivity contribution in [1.29, 1.82) is 0 Å². The van der Waals surface area contributed by atoms with Crippen LogP contribution < -0.4 is 0 Å². The number of hydrogen-bond acceptors (Lipinski definition) is 5. The first-order chi connectivity index (χ1) is 17.1. The molecule has 1 aliphatic heterocycles. The molecule has 1 N–H and O–H groups in total. The maximum atomic E-state index is 13.4. The molecule has 35 heavy (non-hydrogen) atoms. The van der Waals surface area contributed by atoms with E-state index in [1.165, 1.54) is 12.1 Å². The maximum absolute atomic E-state index is 13.4. The van der Waals surface area contributed by atoms with Crippen molar-refractivity contribution in [2.75, 3.05) is 19.8 Å². The molecular formula is C27H26FN3O4. The van der Waals surface area contributed by atoms with Gasteiger partial charge in [0.1, 0.15) is 11.5 Å². The van der Waals surface area contributed by atoms with E-state index in [1.807, 2.05) is 41.1 Å². The Labute approximate surface area is 202 Å². The molecule has 1 amide bonds. The largest absolute Gasteiger partial charge is 0.374 e. The molecule has 0 saturated heterocycles. The fraction of sp³-hybridized carbons (Fsp3) is 0.259. The Kier molecular flexibility index (Phi) is 6.85. The smallest absolute Gasteiger partial charge is 0.296 e. The van der Waals surface area contributed by atoms with E-state index in [0.717, 1.165) is 33.2 Å². The number of rotatable bonds is 9. The van der Waals surface area contributed by atoms with Crippen LogP contribution in [0.15, 0.2) is 67.0 Å². The highest BCUT2D eigenvalue weighted by atomic mass is 19.1. The van der Waals surface area contributed by atoms with Crippen LogP contribution in [-0.2, 0) is 35.7 Å². The molecule has 5 rings (SSSR count). The standard InChI is InChI=1S/C27H26FN3O4/c28-22-8-6-19(7-9-22)15-30-16-21(18-35-13-12-34-17-20-4-2-1-3-5-20)25-23-10-11-31(33)27(32)26(23)29-14-24(25)30/h1-9,14,16,33H,10-13,15,17-18H2. The minimum absolute atomic E-state index is 0.212. The molecule has 1 aliphatic rings. The van der Waals surface area contributed by atoms with Crippen molar-refractivity contribution in [3.05, 3.63) is 101 Å². The molecule has 0 fully saturated rings. The third-order valence-electron chi connectivity index (χ3n) is 6.12. The number of pyridine rings is 1. The predicted molar refractivity (Wildman–Crippen MR) is 128 cm³/mol. The molecule has 0 spiro atoms. The zero-order chi connectivity index (χ0) is 24.2. The highest BCUT2D eigenvalue weighted by Crippen LogP contribution is 2.31. The Hall–Kier alpha value is -3.59. The number of halogens is 1. The van der Waals surface area contributed by atoms with Crippen molar-refractivity contribution in [2.24, 2.45) is 0 Å². The van der Waals surface area contributed by atoms with E-state index in [0.29, 0.717) is 44.5 Å². The van der Waals surface area contributed by atoms with E-state index in [9.17, 15) is 14.4 Å². The van der Waals surface area contributed by atoms with Crippen LogP contribution in [0, 0.1) is 5.82 Å². The van der Waals surface area contributed by atoms with E-state index in [4.69, 9.17) is 9.47 Å². The molecule has 3 heterocycles. The zero-order valence-electron chi connectivity index (χ0n) is 19.2. The van der Waals surface area contributed by atoms with Crippen LogP contribution in [0.25, 0.3) is 10.9 Å². The summed E-state index contributed by atoms with van der Waals surface area (Å²) in [7, 11) is 0. The molecule has 0 saturated carbocycles. The van der Waals surface area contributed by atoms with E-state index in [1.54, 1.807) is 18.3 Å². The summed E-state index contributed by atoms with van der Waals surface area (Å²) in [6.45, 7) is 2.49. The van der Waals surface area contributed by atoms with Crippen LogP contribution in [0.5, 0.6) is 0 Å². The highest BCUT2D eigenvalue weighted by molar-refractivity contribution is 6.00. The van der Waals surface area contributed by atoms with Crippen LogP contribution >= 0.6 is 0 Å². The molecule has 0 radical (unpaired) electrons. The van der Waals surface area contributed by atoms with Gasteiger partial charge in [0.05, 0.1) is 44.7 Å². The predicted octanol–water partition coefficient (Wildman–Crippen LogP) is 4.34. The summed E-state index contributed by atoms with van der Waals surface area (Å²) in [4.78, 5) is 16.8. The number of hydrogen-bond donors (Lipinski definition) is 1. The molecule has 7 nitrogen and oxygen atoms in total. The fourth-order valence-electron chi connectivity index (χ4n) is 4.40. The van der Waals surface area contributed by atoms with Crippen molar-refractivity contribution in [3.63, 3.8) is 0 Å². The van der Waals surface area contributed by atoms with Gasteiger partial charge in [0.25, 0.3) is 5.91 Å².